The molecule has 1 amide bonds. The van der Waals surface area contributed by atoms with Crippen LogP contribution in [0.5, 0.6) is 0 Å². The Morgan fingerprint density at radius 1 is 1.41 bits per heavy atom. The molecule has 124 valence electrons. The molecule has 2 heterocycles. The normalized spacial score (nSPS) is 23.4. The summed E-state index contributed by atoms with van der Waals surface area (Å²) in [5.41, 5.74) is -1.70. The average Bonchev–Trinajstić information content (AvgIpc) is 2.72. The highest BCUT2D eigenvalue weighted by Crippen LogP contribution is 2.38. The van der Waals surface area contributed by atoms with Gasteiger partial charge in [0.1, 0.15) is 0 Å². The van der Waals surface area contributed by atoms with Crippen LogP contribution in [0.3, 0.4) is 0 Å². The van der Waals surface area contributed by atoms with E-state index in [4.69, 9.17) is 0 Å². The monoisotopic (exact) mass is 319 g/mol. The van der Waals surface area contributed by atoms with Crippen molar-refractivity contribution in [2.24, 2.45) is 0 Å². The van der Waals surface area contributed by atoms with E-state index in [0.717, 1.165) is 5.56 Å². The zero-order chi connectivity index (χ0) is 16.4. The first-order valence-electron chi connectivity index (χ1n) is 7.27. The lowest BCUT2D eigenvalue weighted by atomic mass is 9.94. The highest BCUT2D eigenvalue weighted by atomic mass is 19.4. The van der Waals surface area contributed by atoms with Gasteiger partial charge in [0.15, 0.2) is 5.60 Å². The predicted molar refractivity (Wildman–Crippen MR) is 73.0 cm³/mol. The number of aromatic nitrogens is 2. The second-order valence-corrected chi connectivity index (χ2v) is 5.79. The smallest absolute Gasteiger partial charge is 0.380 e. The van der Waals surface area contributed by atoms with Crippen LogP contribution in [0.2, 0.25) is 0 Å². The van der Waals surface area contributed by atoms with E-state index in [-0.39, 0.29) is 38.3 Å². The first kappa shape index (κ1) is 16.8. The Morgan fingerprint density at radius 3 is 2.73 bits per heavy atom. The van der Waals surface area contributed by atoms with Gasteiger partial charge >= 0.3 is 6.18 Å². The summed E-state index contributed by atoms with van der Waals surface area (Å²) in [7, 11) is 0. The maximum atomic E-state index is 12.8. The molecule has 1 aliphatic heterocycles. The molecule has 1 saturated heterocycles. The SMILES string of the molecule is Cc1cnn(CCC(=O)N2CCCC(O)(C(F)(F)F)CC2)c1. The zero-order valence-corrected chi connectivity index (χ0v) is 12.4. The third-order valence-corrected chi connectivity index (χ3v) is 4.01. The van der Waals surface area contributed by atoms with Crippen molar-refractivity contribution in [3.63, 3.8) is 0 Å². The standard InChI is InChI=1S/C14H20F3N3O2/c1-11-9-18-20(10-11)7-3-12(21)19-6-2-4-13(22,5-8-19)14(15,16)17/h9-10,22H,2-8H2,1H3. The number of hydrogen-bond donors (Lipinski definition) is 1. The summed E-state index contributed by atoms with van der Waals surface area (Å²) in [6.45, 7) is 2.45. The van der Waals surface area contributed by atoms with Gasteiger partial charge in [0.25, 0.3) is 0 Å². The van der Waals surface area contributed by atoms with E-state index in [2.05, 4.69) is 5.10 Å². The van der Waals surface area contributed by atoms with Crippen LogP contribution in [0, 0.1) is 6.92 Å². The number of halogens is 3. The summed E-state index contributed by atoms with van der Waals surface area (Å²) < 4.78 is 40.2. The first-order chi connectivity index (χ1) is 10.2. The minimum absolute atomic E-state index is 0.0764. The fourth-order valence-electron chi connectivity index (χ4n) is 2.61. The lowest BCUT2D eigenvalue weighted by Crippen LogP contribution is -2.46. The summed E-state index contributed by atoms with van der Waals surface area (Å²) in [5, 5.41) is 13.8. The molecule has 0 radical (unpaired) electrons. The molecular weight excluding hydrogens is 299 g/mol. The number of amides is 1. The van der Waals surface area contributed by atoms with Crippen molar-refractivity contribution >= 4 is 5.91 Å². The molecule has 0 saturated carbocycles. The van der Waals surface area contributed by atoms with Gasteiger partial charge in [0.05, 0.1) is 6.20 Å². The molecule has 0 aromatic carbocycles. The predicted octanol–water partition coefficient (Wildman–Crippen LogP) is 1.89. The number of aryl methyl sites for hydroxylation is 2. The van der Waals surface area contributed by atoms with E-state index in [1.54, 1.807) is 17.1 Å². The van der Waals surface area contributed by atoms with Gasteiger partial charge in [-0.05, 0) is 25.3 Å². The molecule has 1 atom stereocenters. The Balaban J connectivity index is 1.89. The largest absolute Gasteiger partial charge is 0.417 e. The second-order valence-electron chi connectivity index (χ2n) is 5.79. The molecule has 1 aliphatic rings. The third kappa shape index (κ3) is 3.79. The van der Waals surface area contributed by atoms with Crippen LogP contribution in [-0.4, -0.2) is 50.6 Å². The maximum absolute atomic E-state index is 12.8. The molecule has 1 aromatic heterocycles. The summed E-state index contributed by atoms with van der Waals surface area (Å²) in [4.78, 5) is 13.5. The average molecular weight is 319 g/mol. The van der Waals surface area contributed by atoms with Crippen LogP contribution in [0.15, 0.2) is 12.4 Å². The van der Waals surface area contributed by atoms with Gasteiger partial charge in [0.2, 0.25) is 5.91 Å². The number of carbonyl (C=O) groups is 1. The Kier molecular flexibility index (Phi) is 4.79. The van der Waals surface area contributed by atoms with Gasteiger partial charge in [-0.3, -0.25) is 9.48 Å². The summed E-state index contributed by atoms with van der Waals surface area (Å²) in [6.07, 6.45) is -1.67. The van der Waals surface area contributed by atoms with Crippen molar-refractivity contribution in [2.75, 3.05) is 13.1 Å². The quantitative estimate of drug-likeness (QED) is 0.925. The van der Waals surface area contributed by atoms with Crippen molar-refractivity contribution in [2.45, 2.75) is 50.9 Å². The number of hydrogen-bond acceptors (Lipinski definition) is 3. The fourth-order valence-corrected chi connectivity index (χ4v) is 2.61. The minimum Gasteiger partial charge on any atom is -0.380 e. The molecule has 1 unspecified atom stereocenters. The maximum Gasteiger partial charge on any atom is 0.417 e. The number of alkyl halides is 3. The van der Waals surface area contributed by atoms with Gasteiger partial charge < -0.3 is 10.0 Å². The molecule has 1 fully saturated rings. The summed E-state index contributed by atoms with van der Waals surface area (Å²) in [5.74, 6) is -0.209. The molecule has 1 aromatic rings. The third-order valence-electron chi connectivity index (χ3n) is 4.01. The van der Waals surface area contributed by atoms with Gasteiger partial charge in [-0.1, -0.05) is 0 Å². The summed E-state index contributed by atoms with van der Waals surface area (Å²) in [6, 6.07) is 0. The minimum atomic E-state index is -4.65. The number of rotatable bonds is 3. The highest BCUT2D eigenvalue weighted by Gasteiger charge is 2.53. The van der Waals surface area contributed by atoms with E-state index >= 15 is 0 Å². The van der Waals surface area contributed by atoms with E-state index < -0.39 is 18.2 Å². The molecule has 2 rings (SSSR count). The molecule has 0 spiro atoms. The molecule has 22 heavy (non-hydrogen) atoms. The highest BCUT2D eigenvalue weighted by molar-refractivity contribution is 5.76. The van der Waals surface area contributed by atoms with Crippen LogP contribution < -0.4 is 0 Å². The molecular formula is C14H20F3N3O2. The van der Waals surface area contributed by atoms with Crippen LogP contribution in [0.1, 0.15) is 31.2 Å². The lowest BCUT2D eigenvalue weighted by molar-refractivity contribution is -0.263. The molecule has 0 aliphatic carbocycles. The van der Waals surface area contributed by atoms with E-state index in [9.17, 15) is 23.1 Å². The molecule has 0 bridgehead atoms. The second kappa shape index (κ2) is 6.28. The van der Waals surface area contributed by atoms with E-state index in [0.29, 0.717) is 6.54 Å². The first-order valence-corrected chi connectivity index (χ1v) is 7.27. The van der Waals surface area contributed by atoms with Crippen LogP contribution in [0.4, 0.5) is 13.2 Å². The van der Waals surface area contributed by atoms with Gasteiger partial charge in [-0.25, -0.2) is 0 Å². The Labute approximate surface area is 126 Å². The van der Waals surface area contributed by atoms with E-state index in [1.807, 2.05) is 6.92 Å². The van der Waals surface area contributed by atoms with Crippen molar-refractivity contribution < 1.29 is 23.1 Å². The van der Waals surface area contributed by atoms with Crippen LogP contribution in [0.25, 0.3) is 0 Å². The Bertz CT molecular complexity index is 530. The fraction of sp³-hybridized carbons (Fsp3) is 0.714. The summed E-state index contributed by atoms with van der Waals surface area (Å²) >= 11 is 0. The number of nitrogens with zero attached hydrogens (tertiary/aromatic N) is 3. The Hall–Kier alpha value is -1.57. The molecule has 8 heteroatoms. The van der Waals surface area contributed by atoms with Gasteiger partial charge in [-0.2, -0.15) is 18.3 Å². The van der Waals surface area contributed by atoms with Gasteiger partial charge in [0, 0.05) is 38.7 Å². The molecule has 5 nitrogen and oxygen atoms in total. The van der Waals surface area contributed by atoms with Gasteiger partial charge in [-0.15, -0.1) is 0 Å². The van der Waals surface area contributed by atoms with Crippen LogP contribution in [-0.2, 0) is 11.3 Å². The zero-order valence-electron chi connectivity index (χ0n) is 12.4. The molecule has 1 N–H and O–H groups in total. The van der Waals surface area contributed by atoms with Crippen molar-refractivity contribution in [3.05, 3.63) is 18.0 Å². The number of carbonyl (C=O) groups excluding carboxylic acids is 1. The van der Waals surface area contributed by atoms with Crippen molar-refractivity contribution in [1.29, 1.82) is 0 Å². The number of likely N-dealkylation sites (tertiary alicyclic amines) is 1. The van der Waals surface area contributed by atoms with Crippen molar-refractivity contribution in [3.8, 4) is 0 Å². The number of aliphatic hydroxyl groups is 1. The topological polar surface area (TPSA) is 58.4 Å². The van der Waals surface area contributed by atoms with E-state index in [1.165, 1.54) is 4.90 Å². The Morgan fingerprint density at radius 2 is 2.14 bits per heavy atom. The van der Waals surface area contributed by atoms with Crippen LogP contribution >= 0.6 is 0 Å². The lowest BCUT2D eigenvalue weighted by Gasteiger charge is -2.29. The van der Waals surface area contributed by atoms with Crippen molar-refractivity contribution in [1.82, 2.24) is 14.7 Å².